The third-order valence-corrected chi connectivity index (χ3v) is 13.5. The monoisotopic (exact) mass is 1120 g/mol. The smallest absolute Gasteiger partial charge is 0.306 e. The van der Waals surface area contributed by atoms with E-state index in [2.05, 4.69) is 173 Å². The zero-order valence-corrected chi connectivity index (χ0v) is 52.2. The van der Waals surface area contributed by atoms with Crippen molar-refractivity contribution < 1.29 is 28.6 Å². The van der Waals surface area contributed by atoms with E-state index in [4.69, 9.17) is 14.2 Å². The number of carbonyl (C=O) groups excluding carboxylic acids is 3. The van der Waals surface area contributed by atoms with E-state index in [1.165, 1.54) is 103 Å². The van der Waals surface area contributed by atoms with Gasteiger partial charge in [0, 0.05) is 19.3 Å². The summed E-state index contributed by atoms with van der Waals surface area (Å²) in [6, 6.07) is 0. The molecule has 0 aromatic rings. The van der Waals surface area contributed by atoms with Gasteiger partial charge in [-0.3, -0.25) is 14.4 Å². The van der Waals surface area contributed by atoms with E-state index in [-0.39, 0.29) is 37.5 Å². The molecule has 0 aromatic heterocycles. The zero-order chi connectivity index (χ0) is 58.5. The number of esters is 3. The van der Waals surface area contributed by atoms with Gasteiger partial charge in [-0.1, -0.05) is 288 Å². The van der Waals surface area contributed by atoms with Crippen molar-refractivity contribution in [2.45, 2.75) is 284 Å². The maximum absolute atomic E-state index is 12.9. The van der Waals surface area contributed by atoms with Gasteiger partial charge in [-0.25, -0.2) is 0 Å². The van der Waals surface area contributed by atoms with E-state index in [9.17, 15) is 14.4 Å². The van der Waals surface area contributed by atoms with Gasteiger partial charge in [-0.2, -0.15) is 0 Å². The van der Waals surface area contributed by atoms with Crippen molar-refractivity contribution in [1.82, 2.24) is 0 Å². The quantitative estimate of drug-likeness (QED) is 0.0261. The van der Waals surface area contributed by atoms with E-state index in [1.807, 2.05) is 6.08 Å². The molecule has 0 aromatic carbocycles. The van der Waals surface area contributed by atoms with Crippen molar-refractivity contribution in [2.24, 2.45) is 0 Å². The van der Waals surface area contributed by atoms with Crippen LogP contribution in [0.25, 0.3) is 0 Å². The fourth-order valence-corrected chi connectivity index (χ4v) is 8.71. The van der Waals surface area contributed by atoms with E-state index in [0.717, 1.165) is 128 Å². The van der Waals surface area contributed by atoms with Crippen LogP contribution in [0.4, 0.5) is 0 Å². The average Bonchev–Trinajstić information content (AvgIpc) is 3.46. The Hall–Kier alpha value is -4.97. The maximum Gasteiger partial charge on any atom is 0.306 e. The molecular weight excluding hydrogens is 997 g/mol. The van der Waals surface area contributed by atoms with Crippen LogP contribution in [-0.2, 0) is 28.6 Å². The molecule has 0 saturated heterocycles. The highest BCUT2D eigenvalue weighted by molar-refractivity contribution is 5.71. The lowest BCUT2D eigenvalue weighted by Gasteiger charge is -2.18. The number of ether oxygens (including phenoxy) is 3. The van der Waals surface area contributed by atoms with Crippen LogP contribution < -0.4 is 0 Å². The summed E-state index contributed by atoms with van der Waals surface area (Å²) in [7, 11) is 0. The molecule has 6 nitrogen and oxygen atoms in total. The first-order valence-electron chi connectivity index (χ1n) is 33.0. The van der Waals surface area contributed by atoms with Crippen molar-refractivity contribution in [1.29, 1.82) is 0 Å². The fourth-order valence-electron chi connectivity index (χ4n) is 8.71. The topological polar surface area (TPSA) is 78.9 Å². The molecule has 1 unspecified atom stereocenters. The fraction of sp³-hybridized carbons (Fsp3) is 0.613. The van der Waals surface area contributed by atoms with Crippen LogP contribution >= 0.6 is 0 Å². The molecule has 0 aliphatic carbocycles. The number of hydrogen-bond donors (Lipinski definition) is 0. The number of allylic oxidation sites excluding steroid dienone is 26. The Morgan fingerprint density at radius 3 is 0.765 bits per heavy atom. The molecular formula is C75H120O6. The lowest BCUT2D eigenvalue weighted by atomic mass is 10.0. The van der Waals surface area contributed by atoms with Gasteiger partial charge < -0.3 is 14.2 Å². The second kappa shape index (κ2) is 67.5. The Bertz CT molecular complexity index is 1810. The van der Waals surface area contributed by atoms with Crippen molar-refractivity contribution in [3.8, 4) is 0 Å². The minimum absolute atomic E-state index is 0.109. The first-order valence-corrected chi connectivity index (χ1v) is 33.0. The first kappa shape index (κ1) is 76.0. The Balaban J connectivity index is 4.35. The molecule has 0 aliphatic heterocycles. The first-order chi connectivity index (χ1) is 40.0. The summed E-state index contributed by atoms with van der Waals surface area (Å²) in [5, 5.41) is 0. The predicted octanol–water partition coefficient (Wildman–Crippen LogP) is 22.9. The van der Waals surface area contributed by atoms with Gasteiger partial charge in [-0.05, 0) is 128 Å². The molecule has 6 heteroatoms. The zero-order valence-electron chi connectivity index (χ0n) is 52.2. The van der Waals surface area contributed by atoms with Gasteiger partial charge in [0.1, 0.15) is 13.2 Å². The molecule has 0 N–H and O–H groups in total. The van der Waals surface area contributed by atoms with E-state index in [0.29, 0.717) is 19.3 Å². The number of unbranched alkanes of at least 4 members (excludes halogenated alkanes) is 21. The third-order valence-electron chi connectivity index (χ3n) is 13.5. The molecule has 0 saturated carbocycles. The standard InChI is InChI=1S/C75H120O6/c1-4-7-10-13-16-19-22-25-27-29-31-33-34-35-36-37-38-39-40-42-43-45-47-50-53-56-59-62-65-68-74(77)80-71-72(70-79-73(76)67-64-61-58-55-52-49-24-21-18-15-12-9-6-3)81-75(78)69-66-63-60-57-54-51-48-46-44-41-32-30-28-26-23-20-17-14-11-8-5-2/h7-12,16-21,25-28,31-33,35-36,41,49,52,58,61,72H,4-6,13-15,22-24,29-30,34,37-40,42-48,50-51,53-57,59-60,62-71H2,1-3H3/b10-7-,11-8-,12-9-,19-16-,20-17-,21-18-,27-25-,28-26-,33-31-,36-35-,41-32-,52-49-,61-58-. The largest absolute Gasteiger partial charge is 0.462 e. The molecule has 456 valence electrons. The van der Waals surface area contributed by atoms with Crippen LogP contribution in [0, 0.1) is 0 Å². The van der Waals surface area contributed by atoms with Crippen LogP contribution in [-0.4, -0.2) is 37.2 Å². The second-order valence-electron chi connectivity index (χ2n) is 21.2. The molecule has 0 radical (unpaired) electrons. The summed E-state index contributed by atoms with van der Waals surface area (Å²) in [5.41, 5.74) is 0. The lowest BCUT2D eigenvalue weighted by molar-refractivity contribution is -0.166. The predicted molar refractivity (Wildman–Crippen MR) is 352 cm³/mol. The molecule has 0 aliphatic rings. The van der Waals surface area contributed by atoms with Gasteiger partial charge in [0.15, 0.2) is 6.10 Å². The van der Waals surface area contributed by atoms with Crippen molar-refractivity contribution in [3.05, 3.63) is 158 Å². The highest BCUT2D eigenvalue weighted by Crippen LogP contribution is 2.16. The number of hydrogen-bond acceptors (Lipinski definition) is 6. The molecule has 81 heavy (non-hydrogen) atoms. The summed E-state index contributed by atoms with van der Waals surface area (Å²) < 4.78 is 16.9. The van der Waals surface area contributed by atoms with Gasteiger partial charge in [0.05, 0.1) is 0 Å². The molecule has 0 fully saturated rings. The SMILES string of the molecule is CC/C=C\C/C=C\C/C=C\C/C=C\C/C=C\CCCCCCCCCCCCCCCC(=O)OCC(COC(=O)CC/C=C\C/C=C\C/C=C\C/C=C\CC)OC(=O)CCCCCCCCCC/C=C\C/C=C\C/C=C\C/C=C\CC. The van der Waals surface area contributed by atoms with Crippen LogP contribution in [0.3, 0.4) is 0 Å². The van der Waals surface area contributed by atoms with Crippen LogP contribution in [0.5, 0.6) is 0 Å². The molecule has 0 heterocycles. The average molecular weight is 1120 g/mol. The van der Waals surface area contributed by atoms with Crippen molar-refractivity contribution in [2.75, 3.05) is 13.2 Å². The summed E-state index contributed by atoms with van der Waals surface area (Å²) in [6.07, 6.45) is 98.4. The Morgan fingerprint density at radius 1 is 0.247 bits per heavy atom. The van der Waals surface area contributed by atoms with Crippen molar-refractivity contribution >= 4 is 17.9 Å². The second-order valence-corrected chi connectivity index (χ2v) is 21.2. The lowest BCUT2D eigenvalue weighted by Crippen LogP contribution is -2.30. The van der Waals surface area contributed by atoms with E-state index < -0.39 is 6.10 Å². The summed E-state index contributed by atoms with van der Waals surface area (Å²) in [6.45, 7) is 6.23. The molecule has 0 rings (SSSR count). The van der Waals surface area contributed by atoms with Crippen LogP contribution in [0.15, 0.2) is 158 Å². The highest BCUT2D eigenvalue weighted by Gasteiger charge is 2.19. The van der Waals surface area contributed by atoms with Gasteiger partial charge in [-0.15, -0.1) is 0 Å². The third kappa shape index (κ3) is 65.7. The van der Waals surface area contributed by atoms with Gasteiger partial charge in [0.25, 0.3) is 0 Å². The Morgan fingerprint density at radius 2 is 0.469 bits per heavy atom. The Labute approximate surface area is 499 Å². The Kier molecular flexibility index (Phi) is 63.4. The minimum atomic E-state index is -0.820. The molecule has 0 bridgehead atoms. The summed E-state index contributed by atoms with van der Waals surface area (Å²) >= 11 is 0. The highest BCUT2D eigenvalue weighted by atomic mass is 16.6. The summed E-state index contributed by atoms with van der Waals surface area (Å²) in [5.74, 6) is -1.00. The normalized spacial score (nSPS) is 13.2. The van der Waals surface area contributed by atoms with Gasteiger partial charge >= 0.3 is 17.9 Å². The minimum Gasteiger partial charge on any atom is -0.462 e. The molecule has 0 amide bonds. The van der Waals surface area contributed by atoms with Crippen molar-refractivity contribution in [3.63, 3.8) is 0 Å². The van der Waals surface area contributed by atoms with Crippen LogP contribution in [0.2, 0.25) is 0 Å². The number of carbonyl (C=O) groups is 3. The number of rotatable bonds is 58. The van der Waals surface area contributed by atoms with Gasteiger partial charge in [0.2, 0.25) is 0 Å². The van der Waals surface area contributed by atoms with E-state index >= 15 is 0 Å². The molecule has 0 spiro atoms. The van der Waals surface area contributed by atoms with E-state index in [1.54, 1.807) is 0 Å². The maximum atomic E-state index is 12.9. The summed E-state index contributed by atoms with van der Waals surface area (Å²) in [4.78, 5) is 38.3. The molecule has 1 atom stereocenters. The van der Waals surface area contributed by atoms with Crippen LogP contribution in [0.1, 0.15) is 278 Å².